The molecule has 1 aromatic rings. The number of benzene rings is 1. The van der Waals surface area contributed by atoms with Crippen LogP contribution in [-0.2, 0) is 11.2 Å². The maximum atomic E-state index is 13.4. The zero-order valence-corrected chi connectivity index (χ0v) is 10.6. The molecule has 0 aliphatic carbocycles. The van der Waals surface area contributed by atoms with Crippen LogP contribution < -0.4 is 5.32 Å². The van der Waals surface area contributed by atoms with Crippen molar-refractivity contribution < 1.29 is 9.13 Å². The monoisotopic (exact) mass is 268 g/mol. The van der Waals surface area contributed by atoms with E-state index >= 15 is 0 Å². The molecule has 18 heavy (non-hydrogen) atoms. The zero-order valence-electron chi connectivity index (χ0n) is 9.88. The molecule has 96 valence electrons. The first-order valence-corrected chi connectivity index (χ1v) is 6.17. The Balaban J connectivity index is 1.79. The molecule has 0 spiro atoms. The predicted octanol–water partition coefficient (Wildman–Crippen LogP) is 2.15. The summed E-state index contributed by atoms with van der Waals surface area (Å²) in [5, 5.41) is 12.7. The Kier molecular flexibility index (Phi) is 4.18. The highest BCUT2D eigenvalue weighted by Gasteiger charge is 2.38. The van der Waals surface area contributed by atoms with Crippen LogP contribution >= 0.6 is 11.6 Å². The van der Waals surface area contributed by atoms with Crippen LogP contribution in [0.2, 0.25) is 5.02 Å². The van der Waals surface area contributed by atoms with E-state index in [1.165, 1.54) is 12.1 Å². The standard InChI is InChI=1S/C13H14ClFN2O/c14-11-1-2-12(15)10(5-11)3-4-17-7-13(6-16)8-18-9-13/h1-2,5,17H,3-4,7-9H2. The number of nitrogens with zero attached hydrogens (tertiary/aromatic N) is 1. The first-order chi connectivity index (χ1) is 8.65. The Morgan fingerprint density at radius 2 is 2.28 bits per heavy atom. The second-order valence-corrected chi connectivity index (χ2v) is 4.98. The lowest BCUT2D eigenvalue weighted by Crippen LogP contribution is -2.48. The van der Waals surface area contributed by atoms with Crippen molar-refractivity contribution in [2.45, 2.75) is 6.42 Å². The van der Waals surface area contributed by atoms with Gasteiger partial charge in [-0.25, -0.2) is 4.39 Å². The van der Waals surface area contributed by atoms with Crippen LogP contribution in [-0.4, -0.2) is 26.3 Å². The molecule has 0 amide bonds. The third-order valence-corrected chi connectivity index (χ3v) is 3.27. The highest BCUT2D eigenvalue weighted by Crippen LogP contribution is 2.25. The summed E-state index contributed by atoms with van der Waals surface area (Å²) in [4.78, 5) is 0. The molecule has 1 fully saturated rings. The molecule has 0 atom stereocenters. The summed E-state index contributed by atoms with van der Waals surface area (Å²) in [5.74, 6) is -0.247. The van der Waals surface area contributed by atoms with Gasteiger partial charge in [0, 0.05) is 11.6 Å². The molecule has 0 aromatic heterocycles. The van der Waals surface area contributed by atoms with Gasteiger partial charge in [0.05, 0.1) is 19.3 Å². The molecule has 3 nitrogen and oxygen atoms in total. The SMILES string of the molecule is N#CC1(CNCCc2cc(Cl)ccc2F)COC1. The van der Waals surface area contributed by atoms with Crippen molar-refractivity contribution in [1.82, 2.24) is 5.32 Å². The van der Waals surface area contributed by atoms with Gasteiger partial charge in [0.15, 0.2) is 0 Å². The van der Waals surface area contributed by atoms with Gasteiger partial charge in [-0.15, -0.1) is 0 Å². The predicted molar refractivity (Wildman–Crippen MR) is 66.8 cm³/mol. The fourth-order valence-corrected chi connectivity index (χ4v) is 2.03. The summed E-state index contributed by atoms with van der Waals surface area (Å²) in [5.41, 5.74) is 0.193. The number of halogens is 2. The van der Waals surface area contributed by atoms with Gasteiger partial charge in [0.25, 0.3) is 0 Å². The minimum atomic E-state index is -0.396. The second kappa shape index (κ2) is 5.66. The molecule has 0 unspecified atom stereocenters. The number of ether oxygens (including phenoxy) is 1. The minimum Gasteiger partial charge on any atom is -0.378 e. The third-order valence-electron chi connectivity index (χ3n) is 3.04. The van der Waals surface area contributed by atoms with Gasteiger partial charge in [-0.3, -0.25) is 0 Å². The van der Waals surface area contributed by atoms with Crippen molar-refractivity contribution in [2.75, 3.05) is 26.3 Å². The highest BCUT2D eigenvalue weighted by molar-refractivity contribution is 6.30. The minimum absolute atomic E-state index is 0.247. The third kappa shape index (κ3) is 2.99. The lowest BCUT2D eigenvalue weighted by molar-refractivity contribution is -0.0752. The van der Waals surface area contributed by atoms with Gasteiger partial charge >= 0.3 is 0 Å². The Labute approximate surface area is 111 Å². The van der Waals surface area contributed by atoms with Gasteiger partial charge in [-0.1, -0.05) is 11.6 Å². The molecule has 0 radical (unpaired) electrons. The molecule has 2 rings (SSSR count). The summed E-state index contributed by atoms with van der Waals surface area (Å²) < 4.78 is 18.5. The van der Waals surface area contributed by atoms with Crippen LogP contribution in [0.15, 0.2) is 18.2 Å². The van der Waals surface area contributed by atoms with Crippen molar-refractivity contribution in [3.8, 4) is 6.07 Å². The van der Waals surface area contributed by atoms with Crippen molar-refractivity contribution in [2.24, 2.45) is 5.41 Å². The van der Waals surface area contributed by atoms with Crippen molar-refractivity contribution in [3.63, 3.8) is 0 Å². The first kappa shape index (κ1) is 13.3. The van der Waals surface area contributed by atoms with Crippen molar-refractivity contribution >= 4 is 11.6 Å². The van der Waals surface area contributed by atoms with Crippen molar-refractivity contribution in [3.05, 3.63) is 34.6 Å². The van der Waals surface area contributed by atoms with Crippen LogP contribution in [0.25, 0.3) is 0 Å². The van der Waals surface area contributed by atoms with E-state index in [9.17, 15) is 4.39 Å². The van der Waals surface area contributed by atoms with E-state index in [4.69, 9.17) is 21.6 Å². The molecule has 1 heterocycles. The van der Waals surface area contributed by atoms with Crippen molar-refractivity contribution in [1.29, 1.82) is 5.26 Å². The summed E-state index contributed by atoms with van der Waals surface area (Å²) in [6.45, 7) is 2.14. The quantitative estimate of drug-likeness (QED) is 0.833. The number of hydrogen-bond donors (Lipinski definition) is 1. The normalized spacial score (nSPS) is 16.9. The molecule has 0 bridgehead atoms. The Morgan fingerprint density at radius 3 is 2.89 bits per heavy atom. The van der Waals surface area contributed by atoms with E-state index in [1.54, 1.807) is 6.07 Å². The smallest absolute Gasteiger partial charge is 0.126 e. The van der Waals surface area contributed by atoms with E-state index in [0.29, 0.717) is 43.3 Å². The fourth-order valence-electron chi connectivity index (χ4n) is 1.84. The molecule has 1 N–H and O–H groups in total. The number of rotatable bonds is 5. The van der Waals surface area contributed by atoms with Crippen LogP contribution in [0.4, 0.5) is 4.39 Å². The molecule has 1 aliphatic heterocycles. The molecular weight excluding hydrogens is 255 g/mol. The summed E-state index contributed by atoms with van der Waals surface area (Å²) in [6, 6.07) is 6.78. The number of nitriles is 1. The first-order valence-electron chi connectivity index (χ1n) is 5.79. The second-order valence-electron chi connectivity index (χ2n) is 4.55. The fraction of sp³-hybridized carbons (Fsp3) is 0.462. The largest absolute Gasteiger partial charge is 0.378 e. The van der Waals surface area contributed by atoms with Gasteiger partial charge in [0.1, 0.15) is 11.2 Å². The molecular formula is C13H14ClFN2O. The van der Waals surface area contributed by atoms with Crippen LogP contribution in [0.1, 0.15) is 5.56 Å². The average Bonchev–Trinajstić information content (AvgIpc) is 2.31. The summed E-state index contributed by atoms with van der Waals surface area (Å²) in [6.07, 6.45) is 0.550. The molecule has 1 aliphatic rings. The Morgan fingerprint density at radius 1 is 1.50 bits per heavy atom. The maximum Gasteiger partial charge on any atom is 0.126 e. The zero-order chi connectivity index (χ0) is 13.0. The summed E-state index contributed by atoms with van der Waals surface area (Å²) in [7, 11) is 0. The van der Waals surface area contributed by atoms with Gasteiger partial charge in [-0.05, 0) is 36.7 Å². The molecule has 5 heteroatoms. The molecule has 0 saturated carbocycles. The number of nitrogens with one attached hydrogen (secondary N) is 1. The van der Waals surface area contributed by atoms with E-state index in [-0.39, 0.29) is 5.82 Å². The number of hydrogen-bond acceptors (Lipinski definition) is 3. The van der Waals surface area contributed by atoms with Crippen LogP contribution in [0.3, 0.4) is 0 Å². The Hall–Kier alpha value is -1.15. The lowest BCUT2D eigenvalue weighted by Gasteiger charge is -2.35. The van der Waals surface area contributed by atoms with E-state index < -0.39 is 5.41 Å². The topological polar surface area (TPSA) is 45.0 Å². The van der Waals surface area contributed by atoms with E-state index in [0.717, 1.165) is 0 Å². The van der Waals surface area contributed by atoms with Gasteiger partial charge in [0.2, 0.25) is 0 Å². The Bertz CT molecular complexity index is 469. The summed E-state index contributed by atoms with van der Waals surface area (Å²) >= 11 is 5.81. The van der Waals surface area contributed by atoms with Crippen LogP contribution in [0.5, 0.6) is 0 Å². The molecule has 1 saturated heterocycles. The highest BCUT2D eigenvalue weighted by atomic mass is 35.5. The van der Waals surface area contributed by atoms with E-state index in [1.807, 2.05) is 0 Å². The van der Waals surface area contributed by atoms with E-state index in [2.05, 4.69) is 11.4 Å². The average molecular weight is 269 g/mol. The maximum absolute atomic E-state index is 13.4. The van der Waals surface area contributed by atoms with Gasteiger partial charge < -0.3 is 10.1 Å². The van der Waals surface area contributed by atoms with Gasteiger partial charge in [-0.2, -0.15) is 5.26 Å². The molecule has 1 aromatic carbocycles. The lowest BCUT2D eigenvalue weighted by atomic mass is 9.88. The van der Waals surface area contributed by atoms with Crippen LogP contribution in [0, 0.1) is 22.6 Å².